The maximum atomic E-state index is 11.6. The predicted octanol–water partition coefficient (Wildman–Crippen LogP) is -0.403. The normalized spacial score (nSPS) is 10.2. The summed E-state index contributed by atoms with van der Waals surface area (Å²) in [6.45, 7) is 1.76. The largest absolute Gasteiger partial charge is 0.381 e. The van der Waals surface area contributed by atoms with Gasteiger partial charge in [-0.05, 0) is 6.92 Å². The summed E-state index contributed by atoms with van der Waals surface area (Å²) in [6, 6.07) is 0. The Labute approximate surface area is 96.9 Å². The molecule has 2 heterocycles. The highest BCUT2D eigenvalue weighted by Crippen LogP contribution is 2.02. The number of nitrogens with two attached hydrogens (primary N) is 1. The summed E-state index contributed by atoms with van der Waals surface area (Å²) < 4.78 is 0. The summed E-state index contributed by atoms with van der Waals surface area (Å²) in [5.74, 6) is 0.647. The first-order valence-electron chi connectivity index (χ1n) is 4.87. The highest BCUT2D eigenvalue weighted by atomic mass is 16.2. The van der Waals surface area contributed by atoms with E-state index in [1.165, 1.54) is 23.4 Å². The second-order valence-corrected chi connectivity index (χ2v) is 3.37. The lowest BCUT2D eigenvalue weighted by atomic mass is 10.5. The zero-order chi connectivity index (χ0) is 12.3. The van der Waals surface area contributed by atoms with Crippen LogP contribution >= 0.6 is 0 Å². The zero-order valence-electron chi connectivity index (χ0n) is 9.16. The van der Waals surface area contributed by atoms with Gasteiger partial charge in [-0.2, -0.15) is 9.90 Å². The van der Waals surface area contributed by atoms with Crippen LogP contribution < -0.4 is 11.1 Å². The van der Waals surface area contributed by atoms with Gasteiger partial charge < -0.3 is 11.1 Å². The van der Waals surface area contributed by atoms with Gasteiger partial charge in [0.2, 0.25) is 5.91 Å². The van der Waals surface area contributed by atoms with Crippen LogP contribution in [0.2, 0.25) is 0 Å². The average Bonchev–Trinajstić information content (AvgIpc) is 2.67. The number of aromatic nitrogens is 5. The van der Waals surface area contributed by atoms with E-state index in [1.54, 1.807) is 6.92 Å². The van der Waals surface area contributed by atoms with Gasteiger partial charge in [0.05, 0.1) is 24.3 Å². The molecule has 0 spiro atoms. The number of aryl methyl sites for hydroxylation is 1. The van der Waals surface area contributed by atoms with Crippen molar-refractivity contribution < 1.29 is 4.79 Å². The molecular formula is C9H11N7O. The molecule has 0 aliphatic heterocycles. The molecule has 0 aliphatic carbocycles. The Morgan fingerprint density at radius 3 is 2.71 bits per heavy atom. The van der Waals surface area contributed by atoms with Crippen LogP contribution in [0.4, 0.5) is 11.5 Å². The molecule has 1 amide bonds. The third-order valence-corrected chi connectivity index (χ3v) is 1.90. The Morgan fingerprint density at radius 1 is 1.41 bits per heavy atom. The zero-order valence-corrected chi connectivity index (χ0v) is 9.16. The van der Waals surface area contributed by atoms with Gasteiger partial charge in [-0.1, -0.05) is 0 Å². The summed E-state index contributed by atoms with van der Waals surface area (Å²) in [6.07, 6.45) is 4.44. The van der Waals surface area contributed by atoms with E-state index >= 15 is 0 Å². The molecule has 17 heavy (non-hydrogen) atoms. The maximum Gasteiger partial charge on any atom is 0.248 e. The fourth-order valence-electron chi connectivity index (χ4n) is 1.17. The number of hydrogen-bond acceptors (Lipinski definition) is 6. The Balaban J connectivity index is 1.95. The molecule has 2 aromatic heterocycles. The average molecular weight is 233 g/mol. The maximum absolute atomic E-state index is 11.6. The van der Waals surface area contributed by atoms with Gasteiger partial charge in [-0.25, -0.2) is 9.97 Å². The van der Waals surface area contributed by atoms with Crippen LogP contribution in [0.5, 0.6) is 0 Å². The van der Waals surface area contributed by atoms with E-state index < -0.39 is 0 Å². The molecule has 2 rings (SSSR count). The standard InChI is InChI=1S/C9H11N7O/c1-6-11-2-7(3-12-6)14-9(17)5-16-13-4-8(10)15-16/h2-4H,5H2,1H3,(H2,10,15)(H,14,17). The summed E-state index contributed by atoms with van der Waals surface area (Å²) in [7, 11) is 0. The molecule has 88 valence electrons. The van der Waals surface area contributed by atoms with Crippen molar-refractivity contribution >= 4 is 17.4 Å². The van der Waals surface area contributed by atoms with Crippen molar-refractivity contribution in [2.75, 3.05) is 11.1 Å². The Morgan fingerprint density at radius 2 is 2.12 bits per heavy atom. The summed E-state index contributed by atoms with van der Waals surface area (Å²) in [5, 5.41) is 10.2. The van der Waals surface area contributed by atoms with Crippen LogP contribution in [0.1, 0.15) is 5.82 Å². The van der Waals surface area contributed by atoms with E-state index in [0.29, 0.717) is 11.5 Å². The SMILES string of the molecule is Cc1ncc(NC(=O)Cn2ncc(N)n2)cn1. The van der Waals surface area contributed by atoms with Gasteiger partial charge in [0, 0.05) is 0 Å². The first-order chi connectivity index (χ1) is 8.13. The smallest absolute Gasteiger partial charge is 0.248 e. The minimum absolute atomic E-state index is 0.00885. The fraction of sp³-hybridized carbons (Fsp3) is 0.222. The molecule has 3 N–H and O–H groups in total. The fourth-order valence-corrected chi connectivity index (χ4v) is 1.17. The van der Waals surface area contributed by atoms with E-state index in [9.17, 15) is 4.79 Å². The monoisotopic (exact) mass is 233 g/mol. The second kappa shape index (κ2) is 4.56. The molecule has 0 atom stereocenters. The number of rotatable bonds is 3. The van der Waals surface area contributed by atoms with Gasteiger partial charge >= 0.3 is 0 Å². The van der Waals surface area contributed by atoms with Crippen molar-refractivity contribution in [1.82, 2.24) is 25.0 Å². The van der Waals surface area contributed by atoms with Crippen LogP contribution in [0.25, 0.3) is 0 Å². The molecule has 0 unspecified atom stereocenters. The van der Waals surface area contributed by atoms with Gasteiger partial charge in [-0.15, -0.1) is 5.10 Å². The van der Waals surface area contributed by atoms with Gasteiger partial charge in [0.25, 0.3) is 0 Å². The van der Waals surface area contributed by atoms with Crippen LogP contribution in [0, 0.1) is 6.92 Å². The number of nitrogens with zero attached hydrogens (tertiary/aromatic N) is 5. The topological polar surface area (TPSA) is 112 Å². The molecular weight excluding hydrogens is 222 g/mol. The van der Waals surface area contributed by atoms with Crippen molar-refractivity contribution in [1.29, 1.82) is 0 Å². The highest BCUT2D eigenvalue weighted by Gasteiger charge is 2.06. The third kappa shape index (κ3) is 2.97. The molecule has 0 fully saturated rings. The summed E-state index contributed by atoms with van der Waals surface area (Å²) >= 11 is 0. The lowest BCUT2D eigenvalue weighted by Crippen LogP contribution is -2.20. The van der Waals surface area contributed by atoms with E-state index in [4.69, 9.17) is 5.73 Å². The molecule has 2 aromatic rings. The third-order valence-electron chi connectivity index (χ3n) is 1.90. The van der Waals surface area contributed by atoms with Crippen LogP contribution in [0.15, 0.2) is 18.6 Å². The Kier molecular flexibility index (Phi) is 2.95. The van der Waals surface area contributed by atoms with Gasteiger partial charge in [0.15, 0.2) is 5.82 Å². The minimum atomic E-state index is -0.270. The molecule has 0 saturated carbocycles. The molecule has 0 radical (unpaired) electrons. The van der Waals surface area contributed by atoms with Crippen LogP contribution in [0.3, 0.4) is 0 Å². The number of carbonyl (C=O) groups is 1. The van der Waals surface area contributed by atoms with Gasteiger partial charge in [0.1, 0.15) is 12.4 Å². The van der Waals surface area contributed by atoms with E-state index in [1.807, 2.05) is 0 Å². The summed E-state index contributed by atoms with van der Waals surface area (Å²) in [5.41, 5.74) is 5.91. The highest BCUT2D eigenvalue weighted by molar-refractivity contribution is 5.90. The summed E-state index contributed by atoms with van der Waals surface area (Å²) in [4.78, 5) is 20.7. The molecule has 8 heteroatoms. The van der Waals surface area contributed by atoms with Crippen LogP contribution in [-0.4, -0.2) is 30.9 Å². The van der Waals surface area contributed by atoms with Crippen molar-refractivity contribution in [3.05, 3.63) is 24.4 Å². The van der Waals surface area contributed by atoms with E-state index in [0.717, 1.165) is 0 Å². The first-order valence-corrected chi connectivity index (χ1v) is 4.87. The number of anilines is 2. The van der Waals surface area contributed by atoms with Crippen molar-refractivity contribution in [2.24, 2.45) is 0 Å². The Bertz CT molecular complexity index is 518. The van der Waals surface area contributed by atoms with Gasteiger partial charge in [-0.3, -0.25) is 4.79 Å². The number of nitrogens with one attached hydrogen (secondary N) is 1. The number of amides is 1. The molecule has 0 aromatic carbocycles. The van der Waals surface area contributed by atoms with Crippen LogP contribution in [-0.2, 0) is 11.3 Å². The molecule has 0 bridgehead atoms. The van der Waals surface area contributed by atoms with Crippen molar-refractivity contribution in [2.45, 2.75) is 13.5 Å². The minimum Gasteiger partial charge on any atom is -0.381 e. The molecule has 8 nitrogen and oxygen atoms in total. The number of hydrogen-bond donors (Lipinski definition) is 2. The van der Waals surface area contributed by atoms with Crippen molar-refractivity contribution in [3.63, 3.8) is 0 Å². The second-order valence-electron chi connectivity index (χ2n) is 3.37. The van der Waals surface area contributed by atoms with E-state index in [-0.39, 0.29) is 18.3 Å². The molecule has 0 aliphatic rings. The molecule has 0 saturated heterocycles. The predicted molar refractivity (Wildman–Crippen MR) is 59.8 cm³/mol. The van der Waals surface area contributed by atoms with Crippen molar-refractivity contribution in [3.8, 4) is 0 Å². The van der Waals surface area contributed by atoms with E-state index in [2.05, 4.69) is 25.5 Å². The number of nitrogen functional groups attached to an aromatic ring is 1. The Hall–Kier alpha value is -2.51. The quantitative estimate of drug-likeness (QED) is 0.745. The number of carbonyl (C=O) groups excluding carboxylic acids is 1. The first kappa shape index (κ1) is 11.0. The lowest BCUT2D eigenvalue weighted by Gasteiger charge is -2.03. The lowest BCUT2D eigenvalue weighted by molar-refractivity contribution is -0.117.